The maximum atomic E-state index is 12.0. The first-order chi connectivity index (χ1) is 13.0. The van der Waals surface area contributed by atoms with Gasteiger partial charge in [-0.05, 0) is 79.7 Å². The van der Waals surface area contributed by atoms with E-state index in [2.05, 4.69) is 39.0 Å². The van der Waals surface area contributed by atoms with Gasteiger partial charge in [-0.3, -0.25) is 10.0 Å². The lowest BCUT2D eigenvalue weighted by molar-refractivity contribution is 0.223. The minimum Gasteiger partial charge on any atom is -0.489 e. The summed E-state index contributed by atoms with van der Waals surface area (Å²) in [6.07, 6.45) is 4.94. The highest BCUT2D eigenvalue weighted by Crippen LogP contribution is 2.44. The number of thioether (sulfide) groups is 1. The summed E-state index contributed by atoms with van der Waals surface area (Å²) in [5, 5.41) is 10.7. The summed E-state index contributed by atoms with van der Waals surface area (Å²) in [5.74, 6) is 1.34. The molecule has 0 saturated heterocycles. The molecule has 0 heterocycles. The summed E-state index contributed by atoms with van der Waals surface area (Å²) < 4.78 is 6.17. The molecule has 5 heteroatoms. The largest absolute Gasteiger partial charge is 0.489 e. The number of amides is 1. The van der Waals surface area contributed by atoms with Crippen molar-refractivity contribution in [2.24, 2.45) is 0 Å². The van der Waals surface area contributed by atoms with Gasteiger partial charge in [0.1, 0.15) is 12.4 Å². The van der Waals surface area contributed by atoms with E-state index in [9.17, 15) is 10.0 Å². The summed E-state index contributed by atoms with van der Waals surface area (Å²) >= 11 is 0.985. The normalized spacial score (nSPS) is 13.5. The Labute approximate surface area is 165 Å². The molecule has 1 N–H and O–H groups in total. The van der Waals surface area contributed by atoms with Crippen molar-refractivity contribution in [3.63, 3.8) is 0 Å². The third kappa shape index (κ3) is 4.30. The van der Waals surface area contributed by atoms with Crippen molar-refractivity contribution >= 4 is 22.7 Å². The molecule has 0 bridgehead atoms. The number of carbonyl (C=O) groups excluding carboxylic acids is 1. The van der Waals surface area contributed by atoms with E-state index in [1.54, 1.807) is 12.3 Å². The molecule has 2 aromatic carbocycles. The number of ether oxygens (including phenoxy) is 1. The van der Waals surface area contributed by atoms with Crippen LogP contribution in [0.25, 0.3) is 0 Å². The molecule has 0 radical (unpaired) electrons. The van der Waals surface area contributed by atoms with Crippen LogP contribution in [0.3, 0.4) is 0 Å². The second kappa shape index (κ2) is 8.36. The first kappa shape index (κ1) is 19.8. The molecule has 4 nitrogen and oxygen atoms in total. The quantitative estimate of drug-likeness (QED) is 0.489. The maximum absolute atomic E-state index is 12.0. The Morgan fingerprint density at radius 1 is 1.26 bits per heavy atom. The van der Waals surface area contributed by atoms with Crippen LogP contribution in [0, 0.1) is 13.8 Å². The molecular formula is C22H27NO3S. The number of benzene rings is 2. The van der Waals surface area contributed by atoms with E-state index in [0.29, 0.717) is 18.2 Å². The van der Waals surface area contributed by atoms with Gasteiger partial charge in [-0.15, -0.1) is 0 Å². The van der Waals surface area contributed by atoms with E-state index in [1.165, 1.54) is 16.7 Å². The molecule has 0 spiro atoms. The molecule has 0 unspecified atom stereocenters. The van der Waals surface area contributed by atoms with Crippen LogP contribution < -0.4 is 9.80 Å². The number of rotatable bonds is 6. The minimum atomic E-state index is -0.400. The fourth-order valence-corrected chi connectivity index (χ4v) is 3.72. The summed E-state index contributed by atoms with van der Waals surface area (Å²) in [7, 11) is 0. The molecule has 3 rings (SSSR count). The Hall–Kier alpha value is -1.98. The zero-order chi connectivity index (χ0) is 19.6. The standard InChI is InChI=1S/C22H27NO3S/c1-5-16-11-15(3)21(12-14(16)2)26-13-19-18(17-9-10-17)7-6-8-20(19)23(25)22(24)27-4/h6-8,11-12,17,25H,5,9-10,13H2,1-4H3. The lowest BCUT2D eigenvalue weighted by Crippen LogP contribution is -2.24. The Morgan fingerprint density at radius 2 is 2.00 bits per heavy atom. The lowest BCUT2D eigenvalue weighted by atomic mass is 10.0. The third-order valence-corrected chi connectivity index (χ3v) is 5.69. The minimum absolute atomic E-state index is 0.326. The molecular weight excluding hydrogens is 358 g/mol. The predicted molar refractivity (Wildman–Crippen MR) is 111 cm³/mol. The van der Waals surface area contributed by atoms with Gasteiger partial charge < -0.3 is 4.74 Å². The Morgan fingerprint density at radius 3 is 2.63 bits per heavy atom. The highest BCUT2D eigenvalue weighted by molar-refractivity contribution is 8.13. The highest BCUT2D eigenvalue weighted by Gasteiger charge is 2.29. The molecule has 0 aromatic heterocycles. The predicted octanol–water partition coefficient (Wildman–Crippen LogP) is 6.00. The first-order valence-electron chi connectivity index (χ1n) is 9.37. The maximum Gasteiger partial charge on any atom is 0.309 e. The molecule has 0 aliphatic heterocycles. The number of anilines is 1. The highest BCUT2D eigenvalue weighted by atomic mass is 32.2. The van der Waals surface area contributed by atoms with Gasteiger partial charge in [0.05, 0.1) is 5.69 Å². The number of nitrogens with zero attached hydrogens (tertiary/aromatic N) is 1. The van der Waals surface area contributed by atoms with Gasteiger partial charge in [-0.2, -0.15) is 5.06 Å². The number of aryl methyl sites for hydroxylation is 3. The topological polar surface area (TPSA) is 49.8 Å². The Kier molecular flexibility index (Phi) is 6.12. The van der Waals surface area contributed by atoms with Crippen LogP contribution in [-0.2, 0) is 13.0 Å². The van der Waals surface area contributed by atoms with Gasteiger partial charge in [-0.1, -0.05) is 36.9 Å². The van der Waals surface area contributed by atoms with Crippen LogP contribution in [-0.4, -0.2) is 16.7 Å². The first-order valence-corrected chi connectivity index (χ1v) is 10.6. The van der Waals surface area contributed by atoms with Gasteiger partial charge in [-0.25, -0.2) is 0 Å². The van der Waals surface area contributed by atoms with Gasteiger partial charge in [0, 0.05) is 5.56 Å². The number of carbonyl (C=O) groups is 1. The summed E-state index contributed by atoms with van der Waals surface area (Å²) in [6.45, 7) is 6.63. The van der Waals surface area contributed by atoms with E-state index in [-0.39, 0.29) is 0 Å². The summed E-state index contributed by atoms with van der Waals surface area (Å²) in [5.41, 5.74) is 6.21. The van der Waals surface area contributed by atoms with Crippen LogP contribution in [0.4, 0.5) is 10.5 Å². The van der Waals surface area contributed by atoms with Crippen molar-refractivity contribution < 1.29 is 14.7 Å². The molecule has 1 amide bonds. The van der Waals surface area contributed by atoms with E-state index >= 15 is 0 Å². The number of hydrogen-bond acceptors (Lipinski definition) is 4. The second-order valence-corrected chi connectivity index (χ2v) is 7.84. The third-order valence-electron chi connectivity index (χ3n) is 5.17. The average Bonchev–Trinajstić information content (AvgIpc) is 3.52. The molecule has 1 saturated carbocycles. The molecule has 1 aliphatic carbocycles. The molecule has 144 valence electrons. The Bertz CT molecular complexity index is 846. The fourth-order valence-electron chi connectivity index (χ4n) is 3.45. The van der Waals surface area contributed by atoms with Crippen LogP contribution >= 0.6 is 11.8 Å². The molecule has 1 aliphatic rings. The zero-order valence-corrected chi connectivity index (χ0v) is 17.2. The van der Waals surface area contributed by atoms with Gasteiger partial charge in [0.2, 0.25) is 0 Å². The average molecular weight is 386 g/mol. The number of hydrogen-bond donors (Lipinski definition) is 1. The fraction of sp³-hybridized carbons (Fsp3) is 0.409. The van der Waals surface area contributed by atoms with Crippen molar-refractivity contribution in [3.8, 4) is 5.75 Å². The molecule has 0 atom stereocenters. The van der Waals surface area contributed by atoms with E-state index < -0.39 is 5.24 Å². The Balaban J connectivity index is 1.92. The van der Waals surface area contributed by atoms with Crippen molar-refractivity contribution in [2.75, 3.05) is 11.3 Å². The zero-order valence-electron chi connectivity index (χ0n) is 16.4. The van der Waals surface area contributed by atoms with Crippen LogP contribution in [0.1, 0.15) is 53.5 Å². The van der Waals surface area contributed by atoms with Gasteiger partial charge >= 0.3 is 5.24 Å². The SMILES string of the molecule is CCc1cc(C)c(OCc2c(C3CC3)cccc2N(O)C(=O)SC)cc1C. The second-order valence-electron chi connectivity index (χ2n) is 7.09. The molecule has 1 fully saturated rings. The van der Waals surface area contributed by atoms with Crippen molar-refractivity contribution in [1.82, 2.24) is 0 Å². The van der Waals surface area contributed by atoms with E-state index in [4.69, 9.17) is 4.74 Å². The smallest absolute Gasteiger partial charge is 0.309 e. The van der Waals surface area contributed by atoms with Gasteiger partial charge in [0.25, 0.3) is 0 Å². The summed E-state index contributed by atoms with van der Waals surface area (Å²) in [4.78, 5) is 12.0. The van der Waals surface area contributed by atoms with Crippen LogP contribution in [0.2, 0.25) is 0 Å². The van der Waals surface area contributed by atoms with Crippen molar-refractivity contribution in [2.45, 2.75) is 52.6 Å². The molecule has 27 heavy (non-hydrogen) atoms. The van der Waals surface area contributed by atoms with E-state index in [0.717, 1.165) is 53.0 Å². The van der Waals surface area contributed by atoms with Crippen molar-refractivity contribution in [1.29, 1.82) is 0 Å². The summed E-state index contributed by atoms with van der Waals surface area (Å²) in [6, 6.07) is 10.0. The van der Waals surface area contributed by atoms with E-state index in [1.807, 2.05) is 6.07 Å². The van der Waals surface area contributed by atoms with Gasteiger partial charge in [0.15, 0.2) is 0 Å². The monoisotopic (exact) mass is 385 g/mol. The van der Waals surface area contributed by atoms with Crippen molar-refractivity contribution in [3.05, 3.63) is 58.1 Å². The number of hydroxylamine groups is 1. The van der Waals surface area contributed by atoms with Crippen LogP contribution in [0.5, 0.6) is 5.75 Å². The van der Waals surface area contributed by atoms with Crippen LogP contribution in [0.15, 0.2) is 30.3 Å². The molecule has 2 aromatic rings. The lowest BCUT2D eigenvalue weighted by Gasteiger charge is -2.21.